The maximum atomic E-state index is 12.8. The van der Waals surface area contributed by atoms with Gasteiger partial charge in [0, 0.05) is 37.6 Å². The summed E-state index contributed by atoms with van der Waals surface area (Å²) in [5.74, 6) is -1.09. The van der Waals surface area contributed by atoms with E-state index in [0.717, 1.165) is 18.7 Å². The Labute approximate surface area is 200 Å². The van der Waals surface area contributed by atoms with Crippen LogP contribution < -0.4 is 14.5 Å². The molecule has 0 spiro atoms. The molecule has 7 nitrogen and oxygen atoms in total. The number of nitrogens with zero attached hydrogens (tertiary/aromatic N) is 2. The Hall–Kier alpha value is -3.52. The third-order valence-corrected chi connectivity index (χ3v) is 7.70. The first-order chi connectivity index (χ1) is 16.2. The van der Waals surface area contributed by atoms with E-state index in [2.05, 4.69) is 41.7 Å². The van der Waals surface area contributed by atoms with Crippen LogP contribution in [0.25, 0.3) is 0 Å². The molecule has 0 radical (unpaired) electrons. The van der Waals surface area contributed by atoms with E-state index in [1.165, 1.54) is 28.9 Å². The van der Waals surface area contributed by atoms with Gasteiger partial charge in [-0.25, -0.2) is 13.2 Å². The summed E-state index contributed by atoms with van der Waals surface area (Å²) in [4.78, 5) is 16.6. The summed E-state index contributed by atoms with van der Waals surface area (Å²) in [7, 11) is -3.82. The molecule has 3 aromatic carbocycles. The molecule has 2 N–H and O–H groups in total. The Bertz CT molecular complexity index is 1330. The van der Waals surface area contributed by atoms with E-state index in [1.807, 2.05) is 17.9 Å². The number of aryl methyl sites for hydroxylation is 2. The van der Waals surface area contributed by atoms with E-state index in [-0.39, 0.29) is 16.1 Å². The van der Waals surface area contributed by atoms with Crippen LogP contribution in [0.5, 0.6) is 0 Å². The summed E-state index contributed by atoms with van der Waals surface area (Å²) in [6.07, 6.45) is 0. The van der Waals surface area contributed by atoms with Crippen LogP contribution in [0, 0.1) is 20.8 Å². The number of sulfonamides is 1. The van der Waals surface area contributed by atoms with Crippen LogP contribution >= 0.6 is 0 Å². The number of hydrogen-bond acceptors (Lipinski definition) is 5. The van der Waals surface area contributed by atoms with Crippen LogP contribution in [0.15, 0.2) is 65.6 Å². The van der Waals surface area contributed by atoms with Crippen molar-refractivity contribution in [1.82, 2.24) is 0 Å². The van der Waals surface area contributed by atoms with E-state index in [1.54, 1.807) is 24.3 Å². The lowest BCUT2D eigenvalue weighted by Crippen LogP contribution is -2.47. The van der Waals surface area contributed by atoms with Gasteiger partial charge in [-0.2, -0.15) is 0 Å². The second-order valence-electron chi connectivity index (χ2n) is 8.65. The van der Waals surface area contributed by atoms with Crippen LogP contribution in [0.4, 0.5) is 17.1 Å². The van der Waals surface area contributed by atoms with Crippen molar-refractivity contribution in [1.29, 1.82) is 0 Å². The van der Waals surface area contributed by atoms with Crippen LogP contribution in [0.2, 0.25) is 0 Å². The summed E-state index contributed by atoms with van der Waals surface area (Å²) in [6.45, 7) is 8.91. The summed E-state index contributed by atoms with van der Waals surface area (Å²) >= 11 is 0. The fraction of sp³-hybridized carbons (Fsp3) is 0.269. The zero-order valence-corrected chi connectivity index (χ0v) is 20.4. The van der Waals surface area contributed by atoms with Crippen molar-refractivity contribution in [2.75, 3.05) is 40.7 Å². The van der Waals surface area contributed by atoms with Crippen LogP contribution in [-0.4, -0.2) is 45.7 Å². The van der Waals surface area contributed by atoms with Crippen molar-refractivity contribution in [3.05, 3.63) is 82.9 Å². The first-order valence-corrected chi connectivity index (χ1v) is 12.7. The molecular weight excluding hydrogens is 450 g/mol. The highest BCUT2D eigenvalue weighted by atomic mass is 32.2. The molecular formula is C26H29N3O4S. The standard InChI is InChI=1S/C26H29N3O4S/c1-18-6-4-8-22(16-18)34(32,33)27-21-10-11-25(23(17-21)26(30)31)29-14-12-28(13-15-29)24-9-5-7-19(2)20(24)3/h4-11,16-17,27H,12-15H2,1-3H3,(H,30,31). The first-order valence-electron chi connectivity index (χ1n) is 11.2. The van der Waals surface area contributed by atoms with Gasteiger partial charge in [-0.3, -0.25) is 4.72 Å². The molecule has 1 heterocycles. The van der Waals surface area contributed by atoms with Crippen molar-refractivity contribution in [2.24, 2.45) is 0 Å². The number of anilines is 3. The average molecular weight is 480 g/mol. The molecule has 178 valence electrons. The second-order valence-corrected chi connectivity index (χ2v) is 10.3. The molecule has 4 rings (SSSR count). The van der Waals surface area contributed by atoms with Crippen molar-refractivity contribution in [3.63, 3.8) is 0 Å². The lowest BCUT2D eigenvalue weighted by Gasteiger charge is -2.38. The maximum absolute atomic E-state index is 12.8. The molecule has 0 atom stereocenters. The topological polar surface area (TPSA) is 90.0 Å². The zero-order valence-electron chi connectivity index (χ0n) is 19.6. The predicted molar refractivity (Wildman–Crippen MR) is 136 cm³/mol. The third kappa shape index (κ3) is 4.87. The van der Waals surface area contributed by atoms with Gasteiger partial charge < -0.3 is 14.9 Å². The van der Waals surface area contributed by atoms with Gasteiger partial charge in [0.1, 0.15) is 0 Å². The number of carboxylic acids is 1. The molecule has 0 unspecified atom stereocenters. The second kappa shape index (κ2) is 9.38. The van der Waals surface area contributed by atoms with Crippen molar-refractivity contribution in [2.45, 2.75) is 25.7 Å². The number of carbonyl (C=O) groups is 1. The number of carboxylic acid groups (broad SMARTS) is 1. The molecule has 3 aromatic rings. The van der Waals surface area contributed by atoms with E-state index in [4.69, 9.17) is 0 Å². The monoisotopic (exact) mass is 479 g/mol. The lowest BCUT2D eigenvalue weighted by molar-refractivity contribution is 0.0697. The minimum atomic E-state index is -3.82. The van der Waals surface area contributed by atoms with Gasteiger partial charge in [-0.15, -0.1) is 0 Å². The number of rotatable bonds is 6. The van der Waals surface area contributed by atoms with Crippen molar-refractivity contribution < 1.29 is 18.3 Å². The fourth-order valence-electron chi connectivity index (χ4n) is 4.31. The van der Waals surface area contributed by atoms with E-state index in [9.17, 15) is 18.3 Å². The van der Waals surface area contributed by atoms with Crippen LogP contribution in [0.1, 0.15) is 27.0 Å². The first kappa shape index (κ1) is 23.6. The Morgan fingerprint density at radius 2 is 1.50 bits per heavy atom. The molecule has 0 aromatic heterocycles. The molecule has 0 saturated carbocycles. The molecule has 0 aliphatic carbocycles. The molecule has 1 fully saturated rings. The van der Waals surface area contributed by atoms with E-state index in [0.29, 0.717) is 18.8 Å². The van der Waals surface area contributed by atoms with Gasteiger partial charge in [-0.1, -0.05) is 24.3 Å². The summed E-state index contributed by atoms with van der Waals surface area (Å²) < 4.78 is 28.0. The van der Waals surface area contributed by atoms with Crippen molar-refractivity contribution >= 4 is 33.1 Å². The van der Waals surface area contributed by atoms with Gasteiger partial charge in [-0.05, 0) is 73.9 Å². The van der Waals surface area contributed by atoms with Crippen molar-refractivity contribution in [3.8, 4) is 0 Å². The SMILES string of the molecule is Cc1cccc(S(=O)(=O)Nc2ccc(N3CCN(c4cccc(C)c4C)CC3)c(C(=O)O)c2)c1. The number of nitrogens with one attached hydrogen (secondary N) is 1. The minimum absolute atomic E-state index is 0.0737. The zero-order chi connectivity index (χ0) is 24.5. The smallest absolute Gasteiger partial charge is 0.337 e. The van der Waals surface area contributed by atoms with Gasteiger partial charge in [0.25, 0.3) is 10.0 Å². The number of hydrogen-bond donors (Lipinski definition) is 2. The van der Waals surface area contributed by atoms with E-state index >= 15 is 0 Å². The highest BCUT2D eigenvalue weighted by Crippen LogP contribution is 2.29. The van der Waals surface area contributed by atoms with E-state index < -0.39 is 16.0 Å². The van der Waals surface area contributed by atoms with Gasteiger partial charge in [0.05, 0.1) is 16.1 Å². The summed E-state index contributed by atoms with van der Waals surface area (Å²) in [5, 5.41) is 9.86. The average Bonchev–Trinajstić information content (AvgIpc) is 2.81. The minimum Gasteiger partial charge on any atom is -0.478 e. The van der Waals surface area contributed by atoms with Crippen LogP contribution in [0.3, 0.4) is 0 Å². The Morgan fingerprint density at radius 1 is 0.853 bits per heavy atom. The highest BCUT2D eigenvalue weighted by molar-refractivity contribution is 7.92. The summed E-state index contributed by atoms with van der Waals surface area (Å²) in [5.41, 5.74) is 5.42. The van der Waals surface area contributed by atoms with Gasteiger partial charge in [0.2, 0.25) is 0 Å². The maximum Gasteiger partial charge on any atom is 0.337 e. The third-order valence-electron chi connectivity index (χ3n) is 6.32. The molecule has 1 saturated heterocycles. The quantitative estimate of drug-likeness (QED) is 0.543. The molecule has 0 amide bonds. The number of piperazine rings is 1. The number of aromatic carboxylic acids is 1. The van der Waals surface area contributed by atoms with Gasteiger partial charge in [0.15, 0.2) is 0 Å². The Kier molecular flexibility index (Phi) is 6.52. The normalized spacial score (nSPS) is 14.2. The molecule has 1 aliphatic rings. The van der Waals surface area contributed by atoms with Gasteiger partial charge >= 0.3 is 5.97 Å². The summed E-state index contributed by atoms with van der Waals surface area (Å²) in [6, 6.07) is 17.5. The van der Waals surface area contributed by atoms with Crippen LogP contribution in [-0.2, 0) is 10.0 Å². The molecule has 1 aliphatic heterocycles. The lowest BCUT2D eigenvalue weighted by atomic mass is 10.1. The molecule has 8 heteroatoms. The number of benzene rings is 3. The largest absolute Gasteiger partial charge is 0.478 e. The molecule has 0 bridgehead atoms. The predicted octanol–water partition coefficient (Wildman–Crippen LogP) is 4.44. The fourth-order valence-corrected chi connectivity index (χ4v) is 5.46. The Morgan fingerprint density at radius 3 is 2.15 bits per heavy atom. The Balaban J connectivity index is 1.54. The highest BCUT2D eigenvalue weighted by Gasteiger charge is 2.24. The molecule has 34 heavy (non-hydrogen) atoms.